The van der Waals surface area contributed by atoms with E-state index in [1.54, 1.807) is 0 Å². The molecule has 0 saturated carbocycles. The highest BCUT2D eigenvalue weighted by atomic mass is 16.3. The van der Waals surface area contributed by atoms with E-state index in [2.05, 4.69) is 35.3 Å². The third-order valence-corrected chi connectivity index (χ3v) is 5.65. The molecule has 3 N–H and O–H groups in total. The minimum Gasteiger partial charge on any atom is -0.394 e. The molecule has 1 aromatic carbocycles. The first-order valence-electron chi connectivity index (χ1n) is 8.98. The zero-order chi connectivity index (χ0) is 16.3. The van der Waals surface area contributed by atoms with E-state index in [9.17, 15) is 10.2 Å². The van der Waals surface area contributed by atoms with Crippen LogP contribution in [0.1, 0.15) is 37.3 Å². The van der Waals surface area contributed by atoms with Crippen LogP contribution in [0, 0.1) is 5.92 Å². The highest BCUT2D eigenvalue weighted by Gasteiger charge is 2.37. The normalized spacial score (nSPS) is 27.1. The van der Waals surface area contributed by atoms with Gasteiger partial charge in [-0.05, 0) is 55.8 Å². The molecular formula is C19H30N2O2. The highest BCUT2D eigenvalue weighted by molar-refractivity contribution is 5.38. The summed E-state index contributed by atoms with van der Waals surface area (Å²) in [6.07, 6.45) is 3.96. The van der Waals surface area contributed by atoms with Crippen molar-refractivity contribution < 1.29 is 10.2 Å². The fourth-order valence-electron chi connectivity index (χ4n) is 4.01. The Bertz CT molecular complexity index is 514. The summed E-state index contributed by atoms with van der Waals surface area (Å²) in [4.78, 5) is 2.36. The van der Waals surface area contributed by atoms with Crippen LogP contribution in [0.5, 0.6) is 0 Å². The topological polar surface area (TPSA) is 55.7 Å². The van der Waals surface area contributed by atoms with E-state index in [4.69, 9.17) is 0 Å². The lowest BCUT2D eigenvalue weighted by Gasteiger charge is -2.34. The highest BCUT2D eigenvalue weighted by Crippen LogP contribution is 2.36. The number of nitrogens with zero attached hydrogens (tertiary/aromatic N) is 1. The van der Waals surface area contributed by atoms with Gasteiger partial charge < -0.3 is 20.4 Å². The molecule has 1 saturated heterocycles. The van der Waals surface area contributed by atoms with E-state index in [1.807, 2.05) is 6.07 Å². The molecule has 3 rings (SSSR count). The molecule has 23 heavy (non-hydrogen) atoms. The van der Waals surface area contributed by atoms with Gasteiger partial charge in [0.2, 0.25) is 0 Å². The first kappa shape index (κ1) is 16.9. The van der Waals surface area contributed by atoms with Crippen LogP contribution in [0.4, 0.5) is 0 Å². The summed E-state index contributed by atoms with van der Waals surface area (Å²) in [5, 5.41) is 23.8. The summed E-state index contributed by atoms with van der Waals surface area (Å²) in [5.41, 5.74) is 2.13. The van der Waals surface area contributed by atoms with Crippen molar-refractivity contribution in [3.63, 3.8) is 0 Å². The molecule has 4 nitrogen and oxygen atoms in total. The number of nitrogens with one attached hydrogen (secondary N) is 1. The monoisotopic (exact) mass is 318 g/mol. The van der Waals surface area contributed by atoms with Crippen LogP contribution in [-0.2, 0) is 12.0 Å². The van der Waals surface area contributed by atoms with E-state index in [-0.39, 0.29) is 18.2 Å². The molecule has 2 aliphatic rings. The van der Waals surface area contributed by atoms with Crippen molar-refractivity contribution in [1.82, 2.24) is 10.2 Å². The summed E-state index contributed by atoms with van der Waals surface area (Å²) in [5.74, 6) is 0.814. The van der Waals surface area contributed by atoms with Crippen LogP contribution in [0.25, 0.3) is 0 Å². The van der Waals surface area contributed by atoms with Crippen LogP contribution in [-0.4, -0.2) is 54.0 Å². The average molecular weight is 318 g/mol. The molecule has 128 valence electrons. The number of aliphatic hydroxyl groups is 2. The van der Waals surface area contributed by atoms with Crippen molar-refractivity contribution in [2.45, 2.75) is 44.2 Å². The summed E-state index contributed by atoms with van der Waals surface area (Å²) in [6, 6.07) is 8.32. The van der Waals surface area contributed by atoms with Crippen molar-refractivity contribution in [3.05, 3.63) is 35.4 Å². The zero-order valence-electron chi connectivity index (χ0n) is 14.2. The van der Waals surface area contributed by atoms with Crippen LogP contribution in [0.15, 0.2) is 24.3 Å². The first-order chi connectivity index (χ1) is 11.1. The number of aliphatic hydroxyl groups excluding tert-OH is 2. The third kappa shape index (κ3) is 3.77. The van der Waals surface area contributed by atoms with E-state index in [1.165, 1.54) is 24.0 Å². The molecule has 1 aromatic rings. The molecule has 0 aromatic heterocycles. The Labute approximate surface area is 139 Å². The minimum absolute atomic E-state index is 0.0813. The summed E-state index contributed by atoms with van der Waals surface area (Å²) in [7, 11) is 0. The van der Waals surface area contributed by atoms with Gasteiger partial charge in [-0.15, -0.1) is 0 Å². The maximum atomic E-state index is 10.4. The van der Waals surface area contributed by atoms with E-state index in [0.29, 0.717) is 6.54 Å². The van der Waals surface area contributed by atoms with Crippen molar-refractivity contribution in [2.24, 2.45) is 5.92 Å². The Balaban J connectivity index is 1.54. The standard InChI is InChI=1S/C19H30N2O2/c1-15-7-10-21(11-8-15)13-17(23)12-20-19(14-22)9-6-16-4-2-3-5-18(16)19/h2-5,15,17,20,22-23H,6-14H2,1H3. The molecular weight excluding hydrogens is 288 g/mol. The number of fused-ring (bicyclic) bond motifs is 1. The Morgan fingerprint density at radius 3 is 2.78 bits per heavy atom. The smallest absolute Gasteiger partial charge is 0.0791 e. The molecule has 0 spiro atoms. The molecule has 2 unspecified atom stereocenters. The second kappa shape index (κ2) is 7.31. The minimum atomic E-state index is -0.389. The van der Waals surface area contributed by atoms with E-state index >= 15 is 0 Å². The molecule has 4 heteroatoms. The van der Waals surface area contributed by atoms with Crippen molar-refractivity contribution in [3.8, 4) is 0 Å². The molecule has 0 amide bonds. The SMILES string of the molecule is CC1CCN(CC(O)CNC2(CO)CCc3ccccc32)CC1. The molecule has 1 aliphatic heterocycles. The van der Waals surface area contributed by atoms with Gasteiger partial charge in [0.05, 0.1) is 18.2 Å². The summed E-state index contributed by atoms with van der Waals surface area (Å²) >= 11 is 0. The molecule has 0 bridgehead atoms. The lowest BCUT2D eigenvalue weighted by molar-refractivity contribution is 0.0747. The molecule has 0 radical (unpaired) electrons. The quantitative estimate of drug-likeness (QED) is 0.744. The summed E-state index contributed by atoms with van der Waals surface area (Å²) in [6.45, 7) is 5.82. The van der Waals surface area contributed by atoms with E-state index in [0.717, 1.165) is 38.4 Å². The van der Waals surface area contributed by atoms with Gasteiger partial charge in [0.1, 0.15) is 0 Å². The lowest BCUT2D eigenvalue weighted by Crippen LogP contribution is -2.49. The predicted octanol–water partition coefficient (Wildman–Crippen LogP) is 1.50. The fourth-order valence-corrected chi connectivity index (χ4v) is 4.01. The van der Waals surface area contributed by atoms with Gasteiger partial charge in [0, 0.05) is 13.1 Å². The van der Waals surface area contributed by atoms with Crippen molar-refractivity contribution in [2.75, 3.05) is 32.8 Å². The van der Waals surface area contributed by atoms with E-state index < -0.39 is 0 Å². The van der Waals surface area contributed by atoms with Crippen molar-refractivity contribution in [1.29, 1.82) is 0 Å². The van der Waals surface area contributed by atoms with Crippen LogP contribution >= 0.6 is 0 Å². The van der Waals surface area contributed by atoms with Crippen LogP contribution in [0.2, 0.25) is 0 Å². The summed E-state index contributed by atoms with van der Waals surface area (Å²) < 4.78 is 0. The van der Waals surface area contributed by atoms with Crippen molar-refractivity contribution >= 4 is 0 Å². The number of hydrogen-bond acceptors (Lipinski definition) is 4. The molecule has 1 fully saturated rings. The largest absolute Gasteiger partial charge is 0.394 e. The number of hydrogen-bond donors (Lipinski definition) is 3. The second-order valence-electron chi connectivity index (χ2n) is 7.42. The number of benzene rings is 1. The van der Waals surface area contributed by atoms with Crippen LogP contribution in [0.3, 0.4) is 0 Å². The predicted molar refractivity (Wildman–Crippen MR) is 92.4 cm³/mol. The molecule has 1 heterocycles. The Kier molecular flexibility index (Phi) is 5.37. The zero-order valence-corrected chi connectivity index (χ0v) is 14.2. The second-order valence-corrected chi connectivity index (χ2v) is 7.42. The Morgan fingerprint density at radius 1 is 1.30 bits per heavy atom. The van der Waals surface area contributed by atoms with Crippen LogP contribution < -0.4 is 5.32 Å². The lowest BCUT2D eigenvalue weighted by atomic mass is 9.92. The van der Waals surface area contributed by atoms with Gasteiger partial charge in [-0.25, -0.2) is 0 Å². The third-order valence-electron chi connectivity index (χ3n) is 5.65. The number of likely N-dealkylation sites (tertiary alicyclic amines) is 1. The van der Waals surface area contributed by atoms with Gasteiger partial charge in [0.25, 0.3) is 0 Å². The van der Waals surface area contributed by atoms with Gasteiger partial charge in [0.15, 0.2) is 0 Å². The number of rotatable bonds is 6. The van der Waals surface area contributed by atoms with Gasteiger partial charge >= 0.3 is 0 Å². The number of aryl methyl sites for hydroxylation is 1. The maximum Gasteiger partial charge on any atom is 0.0791 e. The Hall–Kier alpha value is -0.940. The number of β-amino-alcohol motifs (C(OH)–C–C–N with tert-alkyl or cyclic N) is 1. The van der Waals surface area contributed by atoms with Gasteiger partial charge in [-0.3, -0.25) is 0 Å². The Morgan fingerprint density at radius 2 is 2.04 bits per heavy atom. The first-order valence-corrected chi connectivity index (χ1v) is 8.98. The fraction of sp³-hybridized carbons (Fsp3) is 0.684. The molecule has 2 atom stereocenters. The average Bonchev–Trinajstić information content (AvgIpc) is 2.95. The molecule has 1 aliphatic carbocycles. The number of piperidine rings is 1. The van der Waals surface area contributed by atoms with Gasteiger partial charge in [-0.1, -0.05) is 31.2 Å². The van der Waals surface area contributed by atoms with Gasteiger partial charge in [-0.2, -0.15) is 0 Å². The maximum absolute atomic E-state index is 10.4.